The van der Waals surface area contributed by atoms with Crippen LogP contribution in [0, 0.1) is 0 Å². The van der Waals surface area contributed by atoms with E-state index in [1.807, 2.05) is 6.08 Å². The minimum Gasteiger partial charge on any atom is -0.396 e. The summed E-state index contributed by atoms with van der Waals surface area (Å²) in [6.07, 6.45) is 16.2. The zero-order chi connectivity index (χ0) is 15.6. The van der Waals surface area contributed by atoms with Crippen LogP contribution in [-0.4, -0.2) is 24.2 Å². The van der Waals surface area contributed by atoms with Crippen molar-refractivity contribution in [1.29, 1.82) is 0 Å². The number of aliphatic hydroxyl groups excluding tert-OH is 1. The maximum Gasteiger partial charge on any atom is 0.219 e. The Morgan fingerprint density at radius 2 is 1.71 bits per heavy atom. The second-order valence-corrected chi connectivity index (χ2v) is 5.19. The number of carbonyl (C=O) groups is 1. The fourth-order valence-electron chi connectivity index (χ4n) is 1.96. The van der Waals surface area contributed by atoms with E-state index in [2.05, 4.69) is 29.8 Å². The monoisotopic (exact) mass is 293 g/mol. The average molecular weight is 293 g/mol. The smallest absolute Gasteiger partial charge is 0.219 e. The molecule has 0 radical (unpaired) electrons. The topological polar surface area (TPSA) is 49.3 Å². The molecule has 0 fully saturated rings. The number of aliphatic hydroxyl groups is 1. The van der Waals surface area contributed by atoms with Crippen LogP contribution in [0.2, 0.25) is 0 Å². The minimum atomic E-state index is 0.132. The zero-order valence-corrected chi connectivity index (χ0v) is 13.3. The predicted molar refractivity (Wildman–Crippen MR) is 89.1 cm³/mol. The van der Waals surface area contributed by atoms with E-state index in [4.69, 9.17) is 5.11 Å². The summed E-state index contributed by atoms with van der Waals surface area (Å²) >= 11 is 0. The zero-order valence-electron chi connectivity index (χ0n) is 13.3. The number of unbranched alkanes of at least 4 members (excludes halogenated alkanes) is 6. The van der Waals surface area contributed by atoms with E-state index in [1.54, 1.807) is 0 Å². The standard InChI is InChI=1S/C18H31NO2/c1-2-3-4-5-6-7-8-9-10-13-16-19-18(21)15-12-11-14-17-20/h3,8-9,20H,1,4-7,10-17H2,(H,19,21)/b9-8+. The van der Waals surface area contributed by atoms with Gasteiger partial charge in [-0.3, -0.25) is 4.79 Å². The molecule has 120 valence electrons. The van der Waals surface area contributed by atoms with Crippen LogP contribution in [0.3, 0.4) is 0 Å². The molecule has 1 amide bonds. The number of carbonyl (C=O) groups excluding carboxylic acids is 1. The maximum atomic E-state index is 11.5. The summed E-state index contributed by atoms with van der Waals surface area (Å²) in [5, 5.41) is 11.6. The van der Waals surface area contributed by atoms with Gasteiger partial charge >= 0.3 is 0 Å². The van der Waals surface area contributed by atoms with Crippen molar-refractivity contribution in [2.45, 2.75) is 64.2 Å². The Kier molecular flexibility index (Phi) is 15.7. The van der Waals surface area contributed by atoms with Gasteiger partial charge in [0.05, 0.1) is 0 Å². The molecule has 2 N–H and O–H groups in total. The van der Waals surface area contributed by atoms with Crippen molar-refractivity contribution in [3.8, 4) is 0 Å². The van der Waals surface area contributed by atoms with Crippen molar-refractivity contribution in [1.82, 2.24) is 5.32 Å². The lowest BCUT2D eigenvalue weighted by atomic mass is 10.1. The maximum absolute atomic E-state index is 11.5. The van der Waals surface area contributed by atoms with Gasteiger partial charge in [-0.05, 0) is 57.4 Å². The van der Waals surface area contributed by atoms with Crippen LogP contribution in [0.1, 0.15) is 64.2 Å². The second kappa shape index (κ2) is 16.7. The fourth-order valence-corrected chi connectivity index (χ4v) is 1.96. The van der Waals surface area contributed by atoms with Crippen LogP contribution in [0.4, 0.5) is 0 Å². The molecule has 0 aliphatic heterocycles. The van der Waals surface area contributed by atoms with E-state index in [-0.39, 0.29) is 12.5 Å². The second-order valence-electron chi connectivity index (χ2n) is 5.19. The molecule has 0 unspecified atom stereocenters. The molecule has 0 aromatic heterocycles. The molecule has 0 aromatic rings. The first-order valence-corrected chi connectivity index (χ1v) is 8.18. The van der Waals surface area contributed by atoms with Crippen LogP contribution < -0.4 is 5.32 Å². The van der Waals surface area contributed by atoms with E-state index < -0.39 is 0 Å². The summed E-state index contributed by atoms with van der Waals surface area (Å²) < 4.78 is 0. The Morgan fingerprint density at radius 1 is 1.00 bits per heavy atom. The van der Waals surface area contributed by atoms with Crippen LogP contribution in [0.25, 0.3) is 0 Å². The largest absolute Gasteiger partial charge is 0.396 e. The summed E-state index contributed by atoms with van der Waals surface area (Å²) in [7, 11) is 0. The van der Waals surface area contributed by atoms with Crippen molar-refractivity contribution in [2.24, 2.45) is 0 Å². The third-order valence-electron chi connectivity index (χ3n) is 3.21. The molecule has 0 aliphatic rings. The SMILES string of the molecule is C=C=CCCCC/C=C/CCCNC(=O)CCCCCO. The molecular formula is C18H31NO2. The van der Waals surface area contributed by atoms with Crippen molar-refractivity contribution in [3.63, 3.8) is 0 Å². The van der Waals surface area contributed by atoms with Gasteiger partial charge in [-0.2, -0.15) is 0 Å². The van der Waals surface area contributed by atoms with Gasteiger partial charge in [0.1, 0.15) is 0 Å². The summed E-state index contributed by atoms with van der Waals surface area (Å²) in [4.78, 5) is 11.5. The van der Waals surface area contributed by atoms with Gasteiger partial charge in [-0.1, -0.05) is 25.2 Å². The van der Waals surface area contributed by atoms with Gasteiger partial charge in [0.2, 0.25) is 5.91 Å². The number of rotatable bonds is 14. The summed E-state index contributed by atoms with van der Waals surface area (Å²) in [6.45, 7) is 4.52. The molecule has 0 aliphatic carbocycles. The highest BCUT2D eigenvalue weighted by Gasteiger charge is 1.99. The van der Waals surface area contributed by atoms with E-state index in [0.717, 1.165) is 51.5 Å². The van der Waals surface area contributed by atoms with Crippen LogP contribution in [0.5, 0.6) is 0 Å². The van der Waals surface area contributed by atoms with E-state index >= 15 is 0 Å². The van der Waals surface area contributed by atoms with Gasteiger partial charge < -0.3 is 10.4 Å². The van der Waals surface area contributed by atoms with Crippen molar-refractivity contribution in [3.05, 3.63) is 30.5 Å². The first kappa shape index (κ1) is 19.7. The summed E-state index contributed by atoms with van der Waals surface area (Å²) in [5.41, 5.74) is 2.78. The predicted octanol–water partition coefficient (Wildman–Crippen LogP) is 3.89. The van der Waals surface area contributed by atoms with Gasteiger partial charge in [-0.25, -0.2) is 0 Å². The lowest BCUT2D eigenvalue weighted by Gasteiger charge is -2.03. The molecule has 0 saturated carbocycles. The van der Waals surface area contributed by atoms with Crippen LogP contribution >= 0.6 is 0 Å². The number of nitrogens with one attached hydrogen (secondary N) is 1. The molecule has 0 aromatic carbocycles. The fraction of sp³-hybridized carbons (Fsp3) is 0.667. The molecule has 0 bridgehead atoms. The molecular weight excluding hydrogens is 262 g/mol. The van der Waals surface area contributed by atoms with Crippen molar-refractivity contribution >= 4 is 5.91 Å². The Labute approximate surface area is 129 Å². The Balaban J connectivity index is 3.26. The minimum absolute atomic E-state index is 0.132. The first-order valence-electron chi connectivity index (χ1n) is 8.18. The first-order chi connectivity index (χ1) is 10.3. The highest BCUT2D eigenvalue weighted by atomic mass is 16.2. The summed E-state index contributed by atoms with van der Waals surface area (Å²) in [5.74, 6) is 0.132. The van der Waals surface area contributed by atoms with Crippen molar-refractivity contribution in [2.75, 3.05) is 13.2 Å². The molecule has 0 spiro atoms. The lowest BCUT2D eigenvalue weighted by molar-refractivity contribution is -0.121. The van der Waals surface area contributed by atoms with Gasteiger partial charge in [0.15, 0.2) is 0 Å². The Hall–Kier alpha value is -1.31. The number of allylic oxidation sites excluding steroid dienone is 3. The van der Waals surface area contributed by atoms with Crippen LogP contribution in [-0.2, 0) is 4.79 Å². The Morgan fingerprint density at radius 3 is 2.43 bits per heavy atom. The number of hydrogen-bond donors (Lipinski definition) is 2. The van der Waals surface area contributed by atoms with Gasteiger partial charge in [-0.15, -0.1) is 5.73 Å². The molecule has 0 saturated heterocycles. The van der Waals surface area contributed by atoms with Gasteiger partial charge in [0.25, 0.3) is 0 Å². The molecule has 0 rings (SSSR count). The molecule has 0 heterocycles. The highest BCUT2D eigenvalue weighted by Crippen LogP contribution is 2.02. The van der Waals surface area contributed by atoms with Gasteiger partial charge in [0, 0.05) is 19.6 Å². The van der Waals surface area contributed by atoms with E-state index in [9.17, 15) is 4.79 Å². The molecule has 21 heavy (non-hydrogen) atoms. The van der Waals surface area contributed by atoms with Crippen molar-refractivity contribution < 1.29 is 9.90 Å². The summed E-state index contributed by atoms with van der Waals surface area (Å²) in [6, 6.07) is 0. The Bertz CT molecular complexity index is 317. The number of hydrogen-bond acceptors (Lipinski definition) is 2. The molecule has 0 atom stereocenters. The lowest BCUT2D eigenvalue weighted by Crippen LogP contribution is -2.23. The average Bonchev–Trinajstić information content (AvgIpc) is 2.49. The quantitative estimate of drug-likeness (QED) is 0.290. The van der Waals surface area contributed by atoms with E-state index in [0.29, 0.717) is 6.42 Å². The normalized spacial score (nSPS) is 10.5. The highest BCUT2D eigenvalue weighted by molar-refractivity contribution is 5.75. The third kappa shape index (κ3) is 16.6. The number of amides is 1. The van der Waals surface area contributed by atoms with E-state index in [1.165, 1.54) is 12.8 Å². The molecule has 3 heteroatoms. The third-order valence-corrected chi connectivity index (χ3v) is 3.21. The molecule has 3 nitrogen and oxygen atoms in total. The van der Waals surface area contributed by atoms with Crippen LogP contribution in [0.15, 0.2) is 30.5 Å².